The van der Waals surface area contributed by atoms with E-state index in [4.69, 9.17) is 11.6 Å². The number of benzene rings is 1. The van der Waals surface area contributed by atoms with Gasteiger partial charge in [-0.25, -0.2) is 8.42 Å². The molecule has 1 aromatic heterocycles. The summed E-state index contributed by atoms with van der Waals surface area (Å²) < 4.78 is 22.9. The minimum atomic E-state index is -3.28. The van der Waals surface area contributed by atoms with Gasteiger partial charge in [0.25, 0.3) is 0 Å². The number of sulfone groups is 1. The summed E-state index contributed by atoms with van der Waals surface area (Å²) in [6.45, 7) is 0. The first-order chi connectivity index (χ1) is 7.48. The maximum absolute atomic E-state index is 11.5. The summed E-state index contributed by atoms with van der Waals surface area (Å²) >= 11 is 5.76. The van der Waals surface area contributed by atoms with E-state index in [0.29, 0.717) is 10.7 Å². The second-order valence-electron chi connectivity index (χ2n) is 3.39. The largest absolute Gasteiger partial charge is 0.276 e. The van der Waals surface area contributed by atoms with Gasteiger partial charge < -0.3 is 0 Å². The molecular weight excluding hydrogens is 248 g/mol. The van der Waals surface area contributed by atoms with Crippen molar-refractivity contribution < 1.29 is 8.42 Å². The SMILES string of the molecule is CS(=O)(=O)c1cn[nH]c1-c1ccc(Cl)cc1. The Morgan fingerprint density at radius 2 is 1.88 bits per heavy atom. The van der Waals surface area contributed by atoms with Crippen LogP contribution < -0.4 is 0 Å². The second kappa shape index (κ2) is 3.92. The zero-order valence-corrected chi connectivity index (χ0v) is 10.0. The summed E-state index contributed by atoms with van der Waals surface area (Å²) in [6, 6.07) is 6.88. The summed E-state index contributed by atoms with van der Waals surface area (Å²) in [4.78, 5) is 0.190. The molecule has 0 unspecified atom stereocenters. The number of aromatic amines is 1. The van der Waals surface area contributed by atoms with Gasteiger partial charge in [0.15, 0.2) is 9.84 Å². The quantitative estimate of drug-likeness (QED) is 0.895. The van der Waals surface area contributed by atoms with Crippen LogP contribution in [0.1, 0.15) is 0 Å². The topological polar surface area (TPSA) is 62.8 Å². The van der Waals surface area contributed by atoms with E-state index in [9.17, 15) is 8.42 Å². The fourth-order valence-electron chi connectivity index (χ4n) is 1.38. The average molecular weight is 257 g/mol. The number of rotatable bonds is 2. The van der Waals surface area contributed by atoms with E-state index >= 15 is 0 Å². The molecule has 16 heavy (non-hydrogen) atoms. The fourth-order valence-corrected chi connectivity index (χ4v) is 2.28. The molecule has 0 spiro atoms. The third-order valence-electron chi connectivity index (χ3n) is 2.14. The minimum absolute atomic E-state index is 0.190. The van der Waals surface area contributed by atoms with Crippen molar-refractivity contribution in [2.75, 3.05) is 6.26 Å². The Morgan fingerprint density at radius 3 is 2.44 bits per heavy atom. The number of nitrogens with one attached hydrogen (secondary N) is 1. The monoisotopic (exact) mass is 256 g/mol. The Bertz CT molecular complexity index is 602. The summed E-state index contributed by atoms with van der Waals surface area (Å²) in [6.07, 6.45) is 2.45. The molecule has 0 aliphatic carbocycles. The van der Waals surface area contributed by atoms with Crippen LogP contribution >= 0.6 is 11.6 Å². The highest BCUT2D eigenvalue weighted by molar-refractivity contribution is 7.90. The lowest BCUT2D eigenvalue weighted by molar-refractivity contribution is 0.602. The van der Waals surface area contributed by atoms with Gasteiger partial charge in [-0.15, -0.1) is 0 Å². The summed E-state index contributed by atoms with van der Waals surface area (Å²) in [5.74, 6) is 0. The van der Waals surface area contributed by atoms with Crippen molar-refractivity contribution in [3.05, 3.63) is 35.5 Å². The molecular formula is C10H9ClN2O2S. The molecule has 0 aliphatic rings. The summed E-state index contributed by atoms with van der Waals surface area (Å²) in [5.41, 5.74) is 1.22. The Kier molecular flexibility index (Phi) is 2.73. The van der Waals surface area contributed by atoms with Gasteiger partial charge in [0.1, 0.15) is 4.90 Å². The van der Waals surface area contributed by atoms with Crippen molar-refractivity contribution in [3.63, 3.8) is 0 Å². The molecule has 0 aliphatic heterocycles. The molecule has 0 saturated carbocycles. The maximum atomic E-state index is 11.5. The van der Waals surface area contributed by atoms with Crippen LogP contribution in [-0.4, -0.2) is 24.9 Å². The van der Waals surface area contributed by atoms with Gasteiger partial charge in [-0.1, -0.05) is 23.7 Å². The van der Waals surface area contributed by atoms with Crippen LogP contribution in [0.25, 0.3) is 11.3 Å². The first-order valence-corrected chi connectivity index (χ1v) is 6.75. The van der Waals surface area contributed by atoms with E-state index in [-0.39, 0.29) is 4.90 Å². The molecule has 6 heteroatoms. The van der Waals surface area contributed by atoms with Crippen LogP contribution in [0.2, 0.25) is 5.02 Å². The fraction of sp³-hybridized carbons (Fsp3) is 0.100. The number of hydrogen-bond donors (Lipinski definition) is 1. The first kappa shape index (κ1) is 11.2. The number of nitrogens with zero attached hydrogens (tertiary/aromatic N) is 1. The van der Waals surface area contributed by atoms with Gasteiger partial charge in [-0.2, -0.15) is 5.10 Å². The van der Waals surface area contributed by atoms with Gasteiger partial charge in [0, 0.05) is 16.8 Å². The predicted octanol–water partition coefficient (Wildman–Crippen LogP) is 2.13. The van der Waals surface area contributed by atoms with Gasteiger partial charge in [-0.3, -0.25) is 5.10 Å². The third-order valence-corrected chi connectivity index (χ3v) is 3.50. The first-order valence-electron chi connectivity index (χ1n) is 4.48. The van der Waals surface area contributed by atoms with Crippen LogP contribution in [0.15, 0.2) is 35.4 Å². The molecule has 0 fully saturated rings. The van der Waals surface area contributed by atoms with Crippen molar-refractivity contribution in [2.45, 2.75) is 4.90 Å². The number of H-pyrrole nitrogens is 1. The zero-order chi connectivity index (χ0) is 11.8. The Labute approximate surface area is 98.2 Å². The molecule has 1 aromatic carbocycles. The van der Waals surface area contributed by atoms with Gasteiger partial charge in [-0.05, 0) is 12.1 Å². The molecule has 0 saturated heterocycles. The molecule has 2 aromatic rings. The Balaban J connectivity index is 2.58. The number of aromatic nitrogens is 2. The highest BCUT2D eigenvalue weighted by Gasteiger charge is 2.16. The molecule has 1 N–H and O–H groups in total. The number of halogens is 1. The minimum Gasteiger partial charge on any atom is -0.276 e. The van der Waals surface area contributed by atoms with Crippen molar-refractivity contribution in [1.29, 1.82) is 0 Å². The Hall–Kier alpha value is -1.33. The lowest BCUT2D eigenvalue weighted by Crippen LogP contribution is -1.97. The van der Waals surface area contributed by atoms with Crippen molar-refractivity contribution in [2.24, 2.45) is 0 Å². The van der Waals surface area contributed by atoms with Gasteiger partial charge in [0.2, 0.25) is 0 Å². The maximum Gasteiger partial charge on any atom is 0.179 e. The molecule has 4 nitrogen and oxygen atoms in total. The molecule has 0 bridgehead atoms. The lowest BCUT2D eigenvalue weighted by atomic mass is 10.2. The lowest BCUT2D eigenvalue weighted by Gasteiger charge is -2.01. The van der Waals surface area contributed by atoms with Gasteiger partial charge in [0.05, 0.1) is 11.9 Å². The zero-order valence-electron chi connectivity index (χ0n) is 8.44. The van der Waals surface area contributed by atoms with E-state index < -0.39 is 9.84 Å². The summed E-state index contributed by atoms with van der Waals surface area (Å²) in [5, 5.41) is 7.03. The van der Waals surface area contributed by atoms with Crippen molar-refractivity contribution in [1.82, 2.24) is 10.2 Å². The molecule has 84 valence electrons. The molecule has 1 heterocycles. The van der Waals surface area contributed by atoms with E-state index in [1.54, 1.807) is 24.3 Å². The highest BCUT2D eigenvalue weighted by Crippen LogP contribution is 2.25. The summed E-state index contributed by atoms with van der Waals surface area (Å²) in [7, 11) is -3.28. The third kappa shape index (κ3) is 2.10. The smallest absolute Gasteiger partial charge is 0.179 e. The van der Waals surface area contributed by atoms with Crippen LogP contribution in [0.3, 0.4) is 0 Å². The average Bonchev–Trinajstić information content (AvgIpc) is 2.66. The molecule has 0 amide bonds. The molecule has 0 radical (unpaired) electrons. The predicted molar refractivity (Wildman–Crippen MR) is 62.1 cm³/mol. The van der Waals surface area contributed by atoms with Crippen LogP contribution in [0.4, 0.5) is 0 Å². The van der Waals surface area contributed by atoms with E-state index in [0.717, 1.165) is 11.8 Å². The van der Waals surface area contributed by atoms with Crippen molar-refractivity contribution >= 4 is 21.4 Å². The molecule has 2 rings (SSSR count). The van der Waals surface area contributed by atoms with Gasteiger partial charge >= 0.3 is 0 Å². The highest BCUT2D eigenvalue weighted by atomic mass is 35.5. The van der Waals surface area contributed by atoms with E-state index in [1.807, 2.05) is 0 Å². The van der Waals surface area contributed by atoms with Crippen LogP contribution in [0, 0.1) is 0 Å². The molecule has 0 atom stereocenters. The Morgan fingerprint density at radius 1 is 1.25 bits per heavy atom. The van der Waals surface area contributed by atoms with Crippen molar-refractivity contribution in [3.8, 4) is 11.3 Å². The van der Waals surface area contributed by atoms with E-state index in [1.165, 1.54) is 6.20 Å². The standard InChI is InChI=1S/C10H9ClN2O2S/c1-16(14,15)9-6-12-13-10(9)7-2-4-8(11)5-3-7/h2-6H,1H3,(H,12,13). The van der Waals surface area contributed by atoms with Crippen LogP contribution in [0.5, 0.6) is 0 Å². The van der Waals surface area contributed by atoms with E-state index in [2.05, 4.69) is 10.2 Å². The van der Waals surface area contributed by atoms with Crippen LogP contribution in [-0.2, 0) is 9.84 Å². The second-order valence-corrected chi connectivity index (χ2v) is 5.81. The number of hydrogen-bond acceptors (Lipinski definition) is 3. The normalized spacial score (nSPS) is 11.6.